The minimum absolute atomic E-state index is 0.198. The number of nitrogens with one attached hydrogen (secondary N) is 1. The van der Waals surface area contributed by atoms with E-state index in [1.807, 2.05) is 0 Å². The van der Waals surface area contributed by atoms with E-state index in [4.69, 9.17) is 5.11 Å². The SMILES string of the molecule is Cc1ccc(C)c2c(CC(=O)O)c(C(F)(F)F)[nH]c12. The minimum Gasteiger partial charge on any atom is -0.481 e. The molecule has 102 valence electrons. The van der Waals surface area contributed by atoms with E-state index < -0.39 is 24.3 Å². The highest BCUT2D eigenvalue weighted by molar-refractivity contribution is 5.93. The number of hydrogen-bond donors (Lipinski definition) is 2. The normalized spacial score (nSPS) is 12.1. The quantitative estimate of drug-likeness (QED) is 0.879. The molecule has 6 heteroatoms. The Morgan fingerprint density at radius 3 is 2.37 bits per heavy atom. The van der Waals surface area contributed by atoms with Gasteiger partial charge in [-0.2, -0.15) is 13.2 Å². The van der Waals surface area contributed by atoms with Gasteiger partial charge in [-0.1, -0.05) is 12.1 Å². The Morgan fingerprint density at radius 1 is 1.26 bits per heavy atom. The number of hydrogen-bond acceptors (Lipinski definition) is 1. The molecular formula is C13H12F3NO2. The first-order chi connectivity index (χ1) is 8.71. The fourth-order valence-electron chi connectivity index (χ4n) is 2.26. The fraction of sp³-hybridized carbons (Fsp3) is 0.308. The largest absolute Gasteiger partial charge is 0.481 e. The molecule has 0 bridgehead atoms. The highest BCUT2D eigenvalue weighted by Gasteiger charge is 2.37. The number of carboxylic acid groups (broad SMARTS) is 1. The predicted octanol–water partition coefficient (Wildman–Crippen LogP) is 3.43. The van der Waals surface area contributed by atoms with Gasteiger partial charge in [-0.25, -0.2) is 0 Å². The van der Waals surface area contributed by atoms with Crippen LogP contribution < -0.4 is 0 Å². The van der Waals surface area contributed by atoms with Gasteiger partial charge in [0.05, 0.1) is 6.42 Å². The number of aliphatic carboxylic acids is 1. The number of carboxylic acids is 1. The van der Waals surface area contributed by atoms with Crippen LogP contribution >= 0.6 is 0 Å². The Balaban J connectivity index is 2.85. The second-order valence-electron chi connectivity index (χ2n) is 4.50. The lowest BCUT2D eigenvalue weighted by atomic mass is 10.0. The lowest BCUT2D eigenvalue weighted by molar-refractivity contribution is -0.142. The van der Waals surface area contributed by atoms with Crippen LogP contribution in [0.5, 0.6) is 0 Å². The molecule has 0 spiro atoms. The van der Waals surface area contributed by atoms with Crippen molar-refractivity contribution in [1.82, 2.24) is 4.98 Å². The number of alkyl halides is 3. The van der Waals surface area contributed by atoms with Crippen molar-refractivity contribution in [2.75, 3.05) is 0 Å². The van der Waals surface area contributed by atoms with Crippen LogP contribution in [-0.2, 0) is 17.4 Å². The lowest BCUT2D eigenvalue weighted by Gasteiger charge is -2.07. The molecule has 1 aromatic carbocycles. The number of aromatic amines is 1. The van der Waals surface area contributed by atoms with Crippen molar-refractivity contribution in [3.8, 4) is 0 Å². The van der Waals surface area contributed by atoms with Gasteiger partial charge < -0.3 is 10.1 Å². The average Bonchev–Trinajstić information content (AvgIpc) is 2.63. The second-order valence-corrected chi connectivity index (χ2v) is 4.50. The highest BCUT2D eigenvalue weighted by atomic mass is 19.4. The minimum atomic E-state index is -4.59. The lowest BCUT2D eigenvalue weighted by Crippen LogP contribution is -2.11. The molecule has 1 heterocycles. The average molecular weight is 271 g/mol. The third-order valence-corrected chi connectivity index (χ3v) is 3.09. The summed E-state index contributed by atoms with van der Waals surface area (Å²) in [5.74, 6) is -1.28. The molecule has 0 radical (unpaired) electrons. The summed E-state index contributed by atoms with van der Waals surface area (Å²) in [5.41, 5.74) is 0.466. The first kappa shape index (κ1) is 13.5. The Morgan fingerprint density at radius 2 is 1.84 bits per heavy atom. The molecule has 2 rings (SSSR count). The van der Waals surface area contributed by atoms with Gasteiger partial charge in [-0.15, -0.1) is 0 Å². The van der Waals surface area contributed by atoms with E-state index in [2.05, 4.69) is 4.98 Å². The summed E-state index contributed by atoms with van der Waals surface area (Å²) in [7, 11) is 0. The van der Waals surface area contributed by atoms with Gasteiger partial charge in [-0.3, -0.25) is 4.79 Å². The van der Waals surface area contributed by atoms with Crippen molar-refractivity contribution >= 4 is 16.9 Å². The van der Waals surface area contributed by atoms with E-state index in [9.17, 15) is 18.0 Å². The summed E-state index contributed by atoms with van der Waals surface area (Å²) < 4.78 is 38.9. The van der Waals surface area contributed by atoms with E-state index in [-0.39, 0.29) is 5.56 Å². The third-order valence-electron chi connectivity index (χ3n) is 3.09. The number of rotatable bonds is 2. The van der Waals surface area contributed by atoms with Crippen molar-refractivity contribution in [1.29, 1.82) is 0 Å². The Hall–Kier alpha value is -1.98. The molecule has 2 N–H and O–H groups in total. The molecule has 0 saturated carbocycles. The zero-order valence-corrected chi connectivity index (χ0v) is 10.4. The maximum absolute atomic E-state index is 13.0. The van der Waals surface area contributed by atoms with Crippen LogP contribution in [-0.4, -0.2) is 16.1 Å². The summed E-state index contributed by atoms with van der Waals surface area (Å²) in [6, 6.07) is 3.40. The van der Waals surface area contributed by atoms with Crippen molar-refractivity contribution in [3.05, 3.63) is 34.5 Å². The molecule has 0 aliphatic heterocycles. The second kappa shape index (κ2) is 4.29. The Kier molecular flexibility index (Phi) is 3.04. The Labute approximate surface area is 107 Å². The zero-order valence-electron chi connectivity index (χ0n) is 10.4. The molecule has 0 amide bonds. The number of benzene rings is 1. The number of carbonyl (C=O) groups is 1. The van der Waals surface area contributed by atoms with Crippen molar-refractivity contribution in [2.24, 2.45) is 0 Å². The van der Waals surface area contributed by atoms with Gasteiger partial charge in [0.1, 0.15) is 5.69 Å². The smallest absolute Gasteiger partial charge is 0.431 e. The summed E-state index contributed by atoms with van der Waals surface area (Å²) in [6.07, 6.45) is -5.25. The molecule has 19 heavy (non-hydrogen) atoms. The van der Waals surface area contributed by atoms with E-state index in [0.29, 0.717) is 22.0 Å². The molecule has 0 fully saturated rings. The van der Waals surface area contributed by atoms with Crippen LogP contribution in [0.4, 0.5) is 13.2 Å². The standard InChI is InChI=1S/C13H12F3NO2/c1-6-3-4-7(2)11-10(6)8(5-9(18)19)12(17-11)13(14,15)16/h3-4,17H,5H2,1-2H3,(H,18,19). The topological polar surface area (TPSA) is 53.1 Å². The Bertz CT molecular complexity index is 656. The molecular weight excluding hydrogens is 259 g/mol. The van der Waals surface area contributed by atoms with Gasteiger partial charge in [0.25, 0.3) is 0 Å². The molecule has 0 aliphatic carbocycles. The van der Waals surface area contributed by atoms with Crippen LogP contribution in [0.1, 0.15) is 22.4 Å². The monoisotopic (exact) mass is 271 g/mol. The predicted molar refractivity (Wildman–Crippen MR) is 64.1 cm³/mol. The molecule has 0 atom stereocenters. The van der Waals surface area contributed by atoms with Crippen molar-refractivity contribution in [3.63, 3.8) is 0 Å². The van der Waals surface area contributed by atoms with Crippen LogP contribution in [0.2, 0.25) is 0 Å². The number of aromatic nitrogens is 1. The van der Waals surface area contributed by atoms with E-state index in [0.717, 1.165) is 0 Å². The summed E-state index contributed by atoms with van der Waals surface area (Å²) in [5, 5.41) is 9.17. The van der Waals surface area contributed by atoms with Gasteiger partial charge in [-0.05, 0) is 25.0 Å². The van der Waals surface area contributed by atoms with Gasteiger partial charge in [0.15, 0.2) is 0 Å². The fourth-order valence-corrected chi connectivity index (χ4v) is 2.26. The number of halogens is 3. The van der Waals surface area contributed by atoms with Gasteiger partial charge >= 0.3 is 12.1 Å². The van der Waals surface area contributed by atoms with E-state index >= 15 is 0 Å². The molecule has 1 aromatic heterocycles. The maximum Gasteiger partial charge on any atom is 0.431 e. The van der Waals surface area contributed by atoms with E-state index in [1.54, 1.807) is 26.0 Å². The highest BCUT2D eigenvalue weighted by Crippen LogP contribution is 2.37. The first-order valence-corrected chi connectivity index (χ1v) is 5.61. The molecule has 0 saturated heterocycles. The number of aryl methyl sites for hydroxylation is 2. The van der Waals surface area contributed by atoms with Crippen LogP contribution in [0.25, 0.3) is 10.9 Å². The summed E-state index contributed by atoms with van der Waals surface area (Å²) in [6.45, 7) is 3.35. The van der Waals surface area contributed by atoms with Crippen LogP contribution in [0, 0.1) is 13.8 Å². The molecule has 0 unspecified atom stereocenters. The maximum atomic E-state index is 13.0. The van der Waals surface area contributed by atoms with Crippen molar-refractivity contribution in [2.45, 2.75) is 26.4 Å². The van der Waals surface area contributed by atoms with Crippen LogP contribution in [0.15, 0.2) is 12.1 Å². The van der Waals surface area contributed by atoms with Crippen LogP contribution in [0.3, 0.4) is 0 Å². The summed E-state index contributed by atoms with van der Waals surface area (Å²) in [4.78, 5) is 13.1. The molecule has 2 aromatic rings. The third kappa shape index (κ3) is 2.30. The van der Waals surface area contributed by atoms with Crippen molar-refractivity contribution < 1.29 is 23.1 Å². The van der Waals surface area contributed by atoms with Gasteiger partial charge in [0.2, 0.25) is 0 Å². The number of H-pyrrole nitrogens is 1. The summed E-state index contributed by atoms with van der Waals surface area (Å²) >= 11 is 0. The first-order valence-electron chi connectivity index (χ1n) is 5.61. The number of fused-ring (bicyclic) bond motifs is 1. The molecule has 0 aliphatic rings. The molecule has 3 nitrogen and oxygen atoms in total. The van der Waals surface area contributed by atoms with Gasteiger partial charge in [0, 0.05) is 16.5 Å². The van der Waals surface area contributed by atoms with E-state index in [1.165, 1.54) is 0 Å². The zero-order chi connectivity index (χ0) is 14.4.